The molecule has 2 rings (SSSR count). The van der Waals surface area contributed by atoms with Crippen LogP contribution in [0.25, 0.3) is 0 Å². The predicted octanol–water partition coefficient (Wildman–Crippen LogP) is 3.33. The van der Waals surface area contributed by atoms with Crippen LogP contribution in [0.15, 0.2) is 48.5 Å². The number of nitrogens with zero attached hydrogens (tertiary/aromatic N) is 1. The Morgan fingerprint density at radius 3 is 2.21 bits per heavy atom. The first-order valence-corrected chi connectivity index (χ1v) is 6.46. The van der Waals surface area contributed by atoms with E-state index >= 15 is 0 Å². The van der Waals surface area contributed by atoms with Gasteiger partial charge in [-0.1, -0.05) is 30.3 Å². The van der Waals surface area contributed by atoms with Crippen molar-refractivity contribution in [2.24, 2.45) is 0 Å². The maximum atomic E-state index is 12.4. The Kier molecular flexibility index (Phi) is 4.63. The summed E-state index contributed by atoms with van der Waals surface area (Å²) < 4.78 is 37.2. The summed E-state index contributed by atoms with van der Waals surface area (Å²) in [6.45, 7) is 0. The van der Waals surface area contributed by atoms with Crippen LogP contribution in [0.2, 0.25) is 0 Å². The highest BCUT2D eigenvalue weighted by molar-refractivity contribution is 6.14. The van der Waals surface area contributed by atoms with Gasteiger partial charge in [0.15, 0.2) is 5.78 Å². The van der Waals surface area contributed by atoms with Crippen LogP contribution in [0.5, 0.6) is 0 Å². The maximum absolute atomic E-state index is 12.4. The lowest BCUT2D eigenvalue weighted by Crippen LogP contribution is -2.30. The Hall–Kier alpha value is -3.23. The molecule has 124 valence electrons. The number of amides is 1. The van der Waals surface area contributed by atoms with E-state index in [-0.39, 0.29) is 5.56 Å². The third-order valence-electron chi connectivity index (χ3n) is 3.00. The number of anilines is 1. The van der Waals surface area contributed by atoms with E-state index in [0.717, 1.165) is 18.2 Å². The fourth-order valence-electron chi connectivity index (χ4n) is 1.88. The fourth-order valence-corrected chi connectivity index (χ4v) is 1.88. The smallest absolute Gasteiger partial charge is 0.318 e. The first-order valence-electron chi connectivity index (χ1n) is 6.46. The van der Waals surface area contributed by atoms with Crippen LogP contribution in [-0.4, -0.2) is 22.8 Å². The molecule has 0 spiro atoms. The number of alkyl halides is 3. The van der Waals surface area contributed by atoms with Crippen molar-refractivity contribution < 1.29 is 27.7 Å². The number of non-ortho nitro benzene ring substituents is 1. The molecule has 0 saturated heterocycles. The number of carbonyl (C=O) groups excluding carboxylic acids is 2. The molecule has 0 aliphatic carbocycles. The molecule has 0 aliphatic heterocycles. The third kappa shape index (κ3) is 3.75. The topological polar surface area (TPSA) is 89.3 Å². The summed E-state index contributed by atoms with van der Waals surface area (Å²) in [6, 6.07) is 10.1. The van der Waals surface area contributed by atoms with Gasteiger partial charge in [-0.15, -0.1) is 0 Å². The van der Waals surface area contributed by atoms with E-state index in [1.807, 2.05) is 0 Å². The Morgan fingerprint density at radius 1 is 1.04 bits per heavy atom. The number of hydrogen-bond acceptors (Lipinski definition) is 4. The molecule has 0 atom stereocenters. The van der Waals surface area contributed by atoms with Gasteiger partial charge in [0.1, 0.15) is 0 Å². The number of nitro groups is 1. The summed E-state index contributed by atoms with van der Waals surface area (Å²) in [7, 11) is 0. The number of rotatable bonds is 4. The summed E-state index contributed by atoms with van der Waals surface area (Å²) in [5.41, 5.74) is -1.25. The molecule has 0 aliphatic rings. The van der Waals surface area contributed by atoms with E-state index in [2.05, 4.69) is 0 Å². The number of halogens is 3. The van der Waals surface area contributed by atoms with E-state index < -0.39 is 39.7 Å². The molecule has 0 heterocycles. The van der Waals surface area contributed by atoms with Gasteiger partial charge in [0.25, 0.3) is 5.69 Å². The van der Waals surface area contributed by atoms with Gasteiger partial charge in [-0.3, -0.25) is 19.7 Å². The largest absolute Gasteiger partial charge is 0.471 e. The Labute approximate surface area is 133 Å². The minimum absolute atomic E-state index is 0.112. The zero-order valence-electron chi connectivity index (χ0n) is 11.8. The van der Waals surface area contributed by atoms with Gasteiger partial charge in [0.05, 0.1) is 16.2 Å². The number of carbonyl (C=O) groups is 2. The van der Waals surface area contributed by atoms with E-state index in [1.54, 1.807) is 11.4 Å². The van der Waals surface area contributed by atoms with Crippen LogP contribution in [0.3, 0.4) is 0 Å². The summed E-state index contributed by atoms with van der Waals surface area (Å²) in [4.78, 5) is 33.5. The first-order chi connectivity index (χ1) is 11.2. The van der Waals surface area contributed by atoms with E-state index in [0.29, 0.717) is 0 Å². The number of ketones is 1. The van der Waals surface area contributed by atoms with Gasteiger partial charge >= 0.3 is 12.1 Å². The minimum Gasteiger partial charge on any atom is -0.318 e. The second-order valence-electron chi connectivity index (χ2n) is 4.63. The van der Waals surface area contributed by atoms with Crippen LogP contribution in [-0.2, 0) is 4.79 Å². The molecular weight excluding hydrogens is 329 g/mol. The number of nitrogens with one attached hydrogen (secondary N) is 1. The van der Waals surface area contributed by atoms with Crippen molar-refractivity contribution in [3.05, 3.63) is 69.8 Å². The van der Waals surface area contributed by atoms with Crippen molar-refractivity contribution in [2.75, 3.05) is 5.32 Å². The Morgan fingerprint density at radius 2 is 1.67 bits per heavy atom. The van der Waals surface area contributed by atoms with Crippen molar-refractivity contribution >= 4 is 23.1 Å². The summed E-state index contributed by atoms with van der Waals surface area (Å²) in [5, 5.41) is 12.4. The van der Waals surface area contributed by atoms with Crippen molar-refractivity contribution in [1.82, 2.24) is 0 Å². The van der Waals surface area contributed by atoms with Gasteiger partial charge in [-0.2, -0.15) is 13.2 Å². The third-order valence-corrected chi connectivity index (χ3v) is 3.00. The fraction of sp³-hybridized carbons (Fsp3) is 0.0667. The lowest BCUT2D eigenvalue weighted by atomic mass is 10.0. The maximum Gasteiger partial charge on any atom is 0.471 e. The minimum atomic E-state index is -5.16. The van der Waals surface area contributed by atoms with Gasteiger partial charge in [0.2, 0.25) is 0 Å². The van der Waals surface area contributed by atoms with Crippen LogP contribution in [0, 0.1) is 10.1 Å². The molecular formula is C15H9F3N2O4. The van der Waals surface area contributed by atoms with Crippen molar-refractivity contribution in [2.45, 2.75) is 6.18 Å². The molecule has 0 bridgehead atoms. The second kappa shape index (κ2) is 6.49. The van der Waals surface area contributed by atoms with Gasteiger partial charge in [-0.05, 0) is 6.07 Å². The van der Waals surface area contributed by atoms with Gasteiger partial charge in [0, 0.05) is 17.7 Å². The van der Waals surface area contributed by atoms with Gasteiger partial charge < -0.3 is 5.32 Å². The molecule has 2 aromatic carbocycles. The lowest BCUT2D eigenvalue weighted by molar-refractivity contribution is -0.384. The van der Waals surface area contributed by atoms with Crippen molar-refractivity contribution in [3.63, 3.8) is 0 Å². The molecule has 0 aromatic heterocycles. The molecule has 9 heteroatoms. The van der Waals surface area contributed by atoms with Crippen molar-refractivity contribution in [3.8, 4) is 0 Å². The molecule has 1 amide bonds. The van der Waals surface area contributed by atoms with Crippen LogP contribution < -0.4 is 5.32 Å². The molecule has 0 saturated carbocycles. The molecule has 6 nitrogen and oxygen atoms in total. The summed E-state index contributed by atoms with van der Waals surface area (Å²) in [6.07, 6.45) is -5.16. The second-order valence-corrected chi connectivity index (χ2v) is 4.63. The number of nitro benzene ring substituents is 1. The average molecular weight is 338 g/mol. The van der Waals surface area contributed by atoms with E-state index in [1.165, 1.54) is 24.3 Å². The summed E-state index contributed by atoms with van der Waals surface area (Å²) >= 11 is 0. The quantitative estimate of drug-likeness (QED) is 0.526. The van der Waals surface area contributed by atoms with Crippen LogP contribution >= 0.6 is 0 Å². The highest BCUT2D eigenvalue weighted by Gasteiger charge is 2.39. The van der Waals surface area contributed by atoms with Crippen molar-refractivity contribution in [1.29, 1.82) is 0 Å². The Balaban J connectivity index is 2.50. The average Bonchev–Trinajstić information content (AvgIpc) is 2.54. The van der Waals surface area contributed by atoms with Gasteiger partial charge in [-0.25, -0.2) is 0 Å². The van der Waals surface area contributed by atoms with Crippen LogP contribution in [0.1, 0.15) is 15.9 Å². The molecule has 0 unspecified atom stereocenters. The van der Waals surface area contributed by atoms with Crippen LogP contribution in [0.4, 0.5) is 24.5 Å². The zero-order valence-corrected chi connectivity index (χ0v) is 11.8. The lowest BCUT2D eigenvalue weighted by Gasteiger charge is -2.12. The summed E-state index contributed by atoms with van der Waals surface area (Å²) in [5.74, 6) is -3.03. The zero-order chi connectivity index (χ0) is 17.9. The number of hydrogen-bond donors (Lipinski definition) is 1. The molecule has 24 heavy (non-hydrogen) atoms. The predicted molar refractivity (Wildman–Crippen MR) is 77.7 cm³/mol. The highest BCUT2D eigenvalue weighted by Crippen LogP contribution is 2.27. The first kappa shape index (κ1) is 17.1. The molecule has 0 radical (unpaired) electrons. The SMILES string of the molecule is O=C(c1ccccc1)c1cc([N+](=O)[O-])ccc1NC(=O)C(F)(F)F. The highest BCUT2D eigenvalue weighted by atomic mass is 19.4. The normalized spacial score (nSPS) is 11.0. The van der Waals surface area contributed by atoms with E-state index in [4.69, 9.17) is 0 Å². The number of benzene rings is 2. The standard InChI is InChI=1S/C15H9F3N2O4/c16-15(17,18)14(22)19-12-7-6-10(20(23)24)8-11(12)13(21)9-4-2-1-3-5-9/h1-8H,(H,19,22). The monoisotopic (exact) mass is 338 g/mol. The molecule has 1 N–H and O–H groups in total. The molecule has 2 aromatic rings. The Bertz CT molecular complexity index is 804. The van der Waals surface area contributed by atoms with E-state index in [9.17, 15) is 32.9 Å². The molecule has 0 fully saturated rings.